The summed E-state index contributed by atoms with van der Waals surface area (Å²) >= 11 is 1.21. The van der Waals surface area contributed by atoms with E-state index in [0.29, 0.717) is 21.8 Å². The number of amides is 1. The van der Waals surface area contributed by atoms with Crippen LogP contribution in [0.25, 0.3) is 10.6 Å². The predicted molar refractivity (Wildman–Crippen MR) is 103 cm³/mol. The van der Waals surface area contributed by atoms with Crippen molar-refractivity contribution in [3.8, 4) is 10.6 Å². The zero-order chi connectivity index (χ0) is 20.1. The summed E-state index contributed by atoms with van der Waals surface area (Å²) in [6.45, 7) is 0.875. The van der Waals surface area contributed by atoms with Crippen LogP contribution in [-0.4, -0.2) is 29.3 Å². The third-order valence-corrected chi connectivity index (χ3v) is 4.61. The van der Waals surface area contributed by atoms with Gasteiger partial charge in [-0.1, -0.05) is 12.1 Å². The van der Waals surface area contributed by atoms with Crippen LogP contribution in [0.4, 0.5) is 10.1 Å². The number of hydrogen-bond donors (Lipinski definition) is 1. The number of hydrogen-bond acceptors (Lipinski definition) is 6. The first-order valence-corrected chi connectivity index (χ1v) is 9.10. The topological polar surface area (TPSA) is 85.4 Å². The largest absolute Gasteiger partial charge is 0.451 e. The highest BCUT2D eigenvalue weighted by molar-refractivity contribution is 7.13. The molecule has 0 bridgehead atoms. The summed E-state index contributed by atoms with van der Waals surface area (Å²) in [5, 5.41) is 4.58. The van der Waals surface area contributed by atoms with Crippen LogP contribution < -0.4 is 5.32 Å². The van der Waals surface area contributed by atoms with Crippen LogP contribution in [0.3, 0.4) is 0 Å². The van der Waals surface area contributed by atoms with Crippen molar-refractivity contribution in [1.82, 2.24) is 4.98 Å². The lowest BCUT2D eigenvalue weighted by molar-refractivity contribution is -0.119. The van der Waals surface area contributed by atoms with Gasteiger partial charge in [0.2, 0.25) is 0 Å². The number of nitrogens with one attached hydrogen (secondary N) is 1. The number of aromatic nitrogens is 1. The normalized spacial score (nSPS) is 10.4. The summed E-state index contributed by atoms with van der Waals surface area (Å²) in [6, 6.07) is 12.3. The molecule has 8 heteroatoms. The Morgan fingerprint density at radius 2 is 1.82 bits per heavy atom. The molecule has 6 nitrogen and oxygen atoms in total. The van der Waals surface area contributed by atoms with Gasteiger partial charge in [0.15, 0.2) is 18.1 Å². The van der Waals surface area contributed by atoms with Gasteiger partial charge < -0.3 is 10.1 Å². The quantitative estimate of drug-likeness (QED) is 0.502. The molecule has 0 saturated heterocycles. The summed E-state index contributed by atoms with van der Waals surface area (Å²) in [5.41, 5.74) is 1.44. The summed E-state index contributed by atoms with van der Waals surface area (Å²) in [6.07, 6.45) is 0. The number of para-hydroxylation sites is 1. The maximum Gasteiger partial charge on any atom is 0.358 e. The molecule has 28 heavy (non-hydrogen) atoms. The molecular formula is C20H15FN2O4S. The third kappa shape index (κ3) is 4.66. The van der Waals surface area contributed by atoms with Crippen molar-refractivity contribution in [3.63, 3.8) is 0 Å². The number of ether oxygens (including phenoxy) is 1. The highest BCUT2D eigenvalue weighted by atomic mass is 32.1. The molecule has 1 N–H and O–H groups in total. The molecule has 0 aliphatic heterocycles. The van der Waals surface area contributed by atoms with E-state index < -0.39 is 18.5 Å². The summed E-state index contributed by atoms with van der Waals surface area (Å²) in [4.78, 5) is 39.9. The first kappa shape index (κ1) is 19.4. The second-order valence-corrected chi connectivity index (χ2v) is 6.63. The molecule has 0 radical (unpaired) electrons. The Hall–Kier alpha value is -3.39. The predicted octanol–water partition coefficient (Wildman–Crippen LogP) is 3.95. The molecule has 0 atom stereocenters. The number of carbonyl (C=O) groups excluding carboxylic acids is 3. The number of thiazole rings is 1. The van der Waals surface area contributed by atoms with Gasteiger partial charge >= 0.3 is 5.97 Å². The number of esters is 1. The Kier molecular flexibility index (Phi) is 5.90. The van der Waals surface area contributed by atoms with E-state index in [0.717, 1.165) is 0 Å². The summed E-state index contributed by atoms with van der Waals surface area (Å²) in [5.74, 6) is -1.88. The lowest BCUT2D eigenvalue weighted by Gasteiger charge is -2.09. The van der Waals surface area contributed by atoms with Crippen LogP contribution in [0.15, 0.2) is 53.9 Å². The SMILES string of the molecule is CC(=O)c1ccccc1NC(=O)COC(=O)c1csc(-c2ccc(F)cc2)n1. The lowest BCUT2D eigenvalue weighted by atomic mass is 10.1. The molecule has 1 amide bonds. The number of rotatable bonds is 6. The fourth-order valence-corrected chi connectivity index (χ4v) is 3.18. The van der Waals surface area contributed by atoms with Gasteiger partial charge in [-0.05, 0) is 43.3 Å². The summed E-state index contributed by atoms with van der Waals surface area (Å²) < 4.78 is 18.0. The molecule has 3 rings (SSSR count). The van der Waals surface area contributed by atoms with E-state index in [9.17, 15) is 18.8 Å². The first-order chi connectivity index (χ1) is 13.4. The number of carbonyl (C=O) groups is 3. The van der Waals surface area contributed by atoms with Crippen LogP contribution >= 0.6 is 11.3 Å². The number of ketones is 1. The maximum absolute atomic E-state index is 13.0. The Morgan fingerprint density at radius 3 is 2.54 bits per heavy atom. The van der Waals surface area contributed by atoms with Crippen molar-refractivity contribution in [1.29, 1.82) is 0 Å². The van der Waals surface area contributed by atoms with E-state index in [4.69, 9.17) is 4.74 Å². The first-order valence-electron chi connectivity index (χ1n) is 8.22. The fraction of sp³-hybridized carbons (Fsp3) is 0.100. The Morgan fingerprint density at radius 1 is 1.11 bits per heavy atom. The molecule has 0 saturated carbocycles. The van der Waals surface area contributed by atoms with Crippen molar-refractivity contribution >= 4 is 34.7 Å². The number of nitrogens with zero attached hydrogens (tertiary/aromatic N) is 1. The highest BCUT2D eigenvalue weighted by Gasteiger charge is 2.16. The van der Waals surface area contributed by atoms with Gasteiger partial charge in [0.05, 0.1) is 5.69 Å². The zero-order valence-corrected chi connectivity index (χ0v) is 15.6. The standard InChI is InChI=1S/C20H15FN2O4S/c1-12(24)15-4-2-3-5-16(15)22-18(25)10-27-20(26)17-11-28-19(23-17)13-6-8-14(21)9-7-13/h2-9,11H,10H2,1H3,(H,22,25). The monoisotopic (exact) mass is 398 g/mol. The van der Waals surface area contributed by atoms with Crippen molar-refractivity contribution in [3.05, 3.63) is 71.0 Å². The molecule has 1 heterocycles. The minimum absolute atomic E-state index is 0.0567. The van der Waals surface area contributed by atoms with Gasteiger partial charge in [-0.3, -0.25) is 9.59 Å². The van der Waals surface area contributed by atoms with Crippen LogP contribution in [-0.2, 0) is 9.53 Å². The molecule has 0 fully saturated rings. The molecule has 0 aliphatic rings. The Balaban J connectivity index is 1.59. The second-order valence-electron chi connectivity index (χ2n) is 5.77. The van der Waals surface area contributed by atoms with E-state index >= 15 is 0 Å². The Labute approximate surface area is 164 Å². The molecule has 1 aromatic heterocycles. The van der Waals surface area contributed by atoms with Gasteiger partial charge in [-0.25, -0.2) is 14.2 Å². The van der Waals surface area contributed by atoms with Gasteiger partial charge in [0.1, 0.15) is 10.8 Å². The minimum atomic E-state index is -0.750. The maximum atomic E-state index is 13.0. The summed E-state index contributed by atoms with van der Waals surface area (Å²) in [7, 11) is 0. The van der Waals surface area contributed by atoms with Crippen molar-refractivity contribution in [2.24, 2.45) is 0 Å². The number of anilines is 1. The van der Waals surface area contributed by atoms with E-state index in [1.54, 1.807) is 36.4 Å². The highest BCUT2D eigenvalue weighted by Crippen LogP contribution is 2.24. The van der Waals surface area contributed by atoms with Crippen molar-refractivity contribution in [2.45, 2.75) is 6.92 Å². The van der Waals surface area contributed by atoms with Crippen LogP contribution in [0.1, 0.15) is 27.8 Å². The van der Waals surface area contributed by atoms with E-state index in [1.807, 2.05) is 0 Å². The van der Waals surface area contributed by atoms with Crippen LogP contribution in [0.5, 0.6) is 0 Å². The average Bonchev–Trinajstić information content (AvgIpc) is 3.17. The van der Waals surface area contributed by atoms with Gasteiger partial charge in [-0.15, -0.1) is 11.3 Å². The molecule has 0 aliphatic carbocycles. The number of Topliss-reactive ketones (excluding diaryl/α,β-unsaturated/α-hetero) is 1. The smallest absolute Gasteiger partial charge is 0.358 e. The lowest BCUT2D eigenvalue weighted by Crippen LogP contribution is -2.22. The van der Waals surface area contributed by atoms with Gasteiger partial charge in [-0.2, -0.15) is 0 Å². The van der Waals surface area contributed by atoms with E-state index in [2.05, 4.69) is 10.3 Å². The van der Waals surface area contributed by atoms with Crippen molar-refractivity contribution in [2.75, 3.05) is 11.9 Å². The molecule has 3 aromatic rings. The van der Waals surface area contributed by atoms with E-state index in [-0.39, 0.29) is 17.3 Å². The molecular weight excluding hydrogens is 383 g/mol. The van der Waals surface area contributed by atoms with Crippen molar-refractivity contribution < 1.29 is 23.5 Å². The minimum Gasteiger partial charge on any atom is -0.451 e. The van der Waals surface area contributed by atoms with Gasteiger partial charge in [0.25, 0.3) is 5.91 Å². The number of halogens is 1. The average molecular weight is 398 g/mol. The third-order valence-electron chi connectivity index (χ3n) is 3.72. The van der Waals surface area contributed by atoms with E-state index in [1.165, 1.54) is 35.8 Å². The fourth-order valence-electron chi connectivity index (χ4n) is 2.38. The number of benzene rings is 2. The molecule has 2 aromatic carbocycles. The van der Waals surface area contributed by atoms with Crippen LogP contribution in [0, 0.1) is 5.82 Å². The van der Waals surface area contributed by atoms with Crippen LogP contribution in [0.2, 0.25) is 0 Å². The Bertz CT molecular complexity index is 1030. The second kappa shape index (κ2) is 8.53. The molecule has 0 unspecified atom stereocenters. The van der Waals surface area contributed by atoms with Gasteiger partial charge in [0, 0.05) is 16.5 Å². The zero-order valence-electron chi connectivity index (χ0n) is 14.8. The molecule has 142 valence electrons. The molecule has 0 spiro atoms.